The highest BCUT2D eigenvalue weighted by Gasteiger charge is 2.19. The zero-order chi connectivity index (χ0) is 28.1. The number of halogens is 1. The predicted molar refractivity (Wildman–Crippen MR) is 152 cm³/mol. The highest BCUT2D eigenvalue weighted by Crippen LogP contribution is 2.18. The van der Waals surface area contributed by atoms with Crippen LogP contribution in [0.4, 0.5) is 0 Å². The minimum absolute atomic E-state index is 0.0103. The van der Waals surface area contributed by atoms with E-state index in [2.05, 4.69) is 15.6 Å². The van der Waals surface area contributed by atoms with Crippen molar-refractivity contribution in [2.75, 3.05) is 26.3 Å². The van der Waals surface area contributed by atoms with Crippen LogP contribution in [0.1, 0.15) is 54.9 Å². The molecule has 0 unspecified atom stereocenters. The first-order valence-corrected chi connectivity index (χ1v) is 13.6. The zero-order valence-electron chi connectivity index (χ0n) is 22.2. The number of aryl methyl sites for hydroxylation is 1. The molecule has 4 aromatic rings. The van der Waals surface area contributed by atoms with Crippen molar-refractivity contribution in [3.05, 3.63) is 106 Å². The molecule has 0 spiro atoms. The summed E-state index contributed by atoms with van der Waals surface area (Å²) in [6.07, 6.45) is 2.30. The minimum Gasteiger partial charge on any atom is -0.378 e. The number of nitrogens with zero attached hydrogens (tertiary/aromatic N) is 3. The summed E-state index contributed by atoms with van der Waals surface area (Å²) in [5.41, 5.74) is 4.72. The van der Waals surface area contributed by atoms with Gasteiger partial charge in [0.15, 0.2) is 0 Å². The van der Waals surface area contributed by atoms with Crippen molar-refractivity contribution in [2.45, 2.75) is 26.4 Å². The fourth-order valence-corrected chi connectivity index (χ4v) is 4.75. The van der Waals surface area contributed by atoms with Crippen LogP contribution in [0.3, 0.4) is 0 Å². The van der Waals surface area contributed by atoms with Crippen molar-refractivity contribution in [1.29, 1.82) is 0 Å². The van der Waals surface area contributed by atoms with Gasteiger partial charge in [-0.2, -0.15) is 0 Å². The number of ether oxygens (including phenoxy) is 1. The van der Waals surface area contributed by atoms with E-state index in [4.69, 9.17) is 16.3 Å². The van der Waals surface area contributed by atoms with Gasteiger partial charge in [-0.1, -0.05) is 42.8 Å². The van der Waals surface area contributed by atoms with E-state index in [1.165, 1.54) is 0 Å². The maximum Gasteiger partial charge on any atom is 0.270 e. The van der Waals surface area contributed by atoms with Crippen molar-refractivity contribution in [2.24, 2.45) is 0 Å². The number of imidazole rings is 1. The summed E-state index contributed by atoms with van der Waals surface area (Å²) in [6.45, 7) is 4.90. The molecule has 0 atom stereocenters. The first-order chi connectivity index (χ1) is 19.4. The second-order valence-electron chi connectivity index (χ2n) is 9.50. The second kappa shape index (κ2) is 12.3. The molecule has 0 saturated carbocycles. The summed E-state index contributed by atoms with van der Waals surface area (Å²) in [4.78, 5) is 44.6. The average molecular weight is 560 g/mol. The maximum absolute atomic E-state index is 13.0. The highest BCUT2D eigenvalue weighted by molar-refractivity contribution is 6.30. The molecule has 10 heteroatoms. The number of nitrogens with one attached hydrogen (secondary N) is 2. The van der Waals surface area contributed by atoms with Gasteiger partial charge >= 0.3 is 0 Å². The Hall–Kier alpha value is -4.21. The molecule has 1 fully saturated rings. The predicted octanol–water partition coefficient (Wildman–Crippen LogP) is 3.88. The largest absolute Gasteiger partial charge is 0.378 e. The van der Waals surface area contributed by atoms with Gasteiger partial charge in [0.2, 0.25) is 0 Å². The van der Waals surface area contributed by atoms with E-state index in [1.54, 1.807) is 51.9 Å². The Morgan fingerprint density at radius 2 is 1.45 bits per heavy atom. The third kappa shape index (κ3) is 6.16. The van der Waals surface area contributed by atoms with Crippen molar-refractivity contribution < 1.29 is 19.1 Å². The minimum atomic E-state index is -0.244. The van der Waals surface area contributed by atoms with Gasteiger partial charge in [0.1, 0.15) is 11.3 Å². The molecule has 9 nitrogen and oxygen atoms in total. The first-order valence-electron chi connectivity index (χ1n) is 13.2. The molecule has 3 heterocycles. The monoisotopic (exact) mass is 559 g/mol. The van der Waals surface area contributed by atoms with Gasteiger partial charge in [0, 0.05) is 43.5 Å². The molecule has 2 N–H and O–H groups in total. The zero-order valence-corrected chi connectivity index (χ0v) is 22.9. The second-order valence-corrected chi connectivity index (χ2v) is 9.94. The molecule has 206 valence electrons. The van der Waals surface area contributed by atoms with E-state index in [0.717, 1.165) is 11.1 Å². The smallest absolute Gasteiger partial charge is 0.270 e. The first kappa shape index (κ1) is 27.4. The van der Waals surface area contributed by atoms with E-state index in [1.807, 2.05) is 31.2 Å². The topological polar surface area (TPSA) is 105 Å². The normalized spacial score (nSPS) is 13.3. The lowest BCUT2D eigenvalue weighted by Crippen LogP contribution is -2.40. The number of carbonyl (C=O) groups is 3. The van der Waals surface area contributed by atoms with E-state index in [0.29, 0.717) is 79.0 Å². The van der Waals surface area contributed by atoms with Crippen molar-refractivity contribution in [1.82, 2.24) is 24.9 Å². The van der Waals surface area contributed by atoms with Crippen molar-refractivity contribution in [3.63, 3.8) is 0 Å². The molecule has 2 aromatic carbocycles. The van der Waals surface area contributed by atoms with E-state index in [-0.39, 0.29) is 17.7 Å². The Morgan fingerprint density at radius 3 is 2.08 bits per heavy atom. The van der Waals surface area contributed by atoms with Crippen LogP contribution in [0.2, 0.25) is 5.02 Å². The maximum atomic E-state index is 13.0. The van der Waals surface area contributed by atoms with Crippen LogP contribution in [0, 0.1) is 0 Å². The number of morpholine rings is 1. The van der Waals surface area contributed by atoms with Crippen LogP contribution in [0.5, 0.6) is 0 Å². The molecule has 1 saturated heterocycles. The Balaban J connectivity index is 1.14. The summed E-state index contributed by atoms with van der Waals surface area (Å²) < 4.78 is 7.01. The number of amides is 3. The summed E-state index contributed by atoms with van der Waals surface area (Å²) in [7, 11) is 0. The van der Waals surface area contributed by atoms with Gasteiger partial charge in [-0.25, -0.2) is 4.98 Å². The Kier molecular flexibility index (Phi) is 8.42. The van der Waals surface area contributed by atoms with E-state index < -0.39 is 0 Å². The van der Waals surface area contributed by atoms with Gasteiger partial charge in [-0.3, -0.25) is 18.8 Å². The summed E-state index contributed by atoms with van der Waals surface area (Å²) in [6, 6.07) is 17.9. The number of pyridine rings is 1. The van der Waals surface area contributed by atoms with Crippen LogP contribution in [-0.2, 0) is 24.2 Å². The molecule has 5 rings (SSSR count). The number of hydrogen-bond donors (Lipinski definition) is 2. The fraction of sp³-hybridized carbons (Fsp3) is 0.267. The highest BCUT2D eigenvalue weighted by atomic mass is 35.5. The lowest BCUT2D eigenvalue weighted by molar-refractivity contribution is 0.0303. The van der Waals surface area contributed by atoms with Gasteiger partial charge in [-0.05, 0) is 53.9 Å². The van der Waals surface area contributed by atoms with Crippen LogP contribution in [0.15, 0.2) is 66.9 Å². The molecular weight excluding hydrogens is 530 g/mol. The van der Waals surface area contributed by atoms with Gasteiger partial charge < -0.3 is 20.3 Å². The lowest BCUT2D eigenvalue weighted by atomic mass is 10.1. The van der Waals surface area contributed by atoms with Crippen LogP contribution >= 0.6 is 11.6 Å². The van der Waals surface area contributed by atoms with Crippen LogP contribution in [0.25, 0.3) is 5.65 Å². The number of fused-ring (bicyclic) bond motifs is 1. The SMILES string of the molecule is CCc1nc2ccc(Cl)cn2c1C(=O)NCc1ccc(C(=O)NCc2ccc(C(=O)N3CCOCC3)cc2)cc1. The summed E-state index contributed by atoms with van der Waals surface area (Å²) >= 11 is 6.13. The molecule has 1 aliphatic heterocycles. The Morgan fingerprint density at radius 1 is 0.850 bits per heavy atom. The van der Waals surface area contributed by atoms with E-state index in [9.17, 15) is 14.4 Å². The molecule has 1 aliphatic rings. The van der Waals surface area contributed by atoms with Crippen molar-refractivity contribution in [3.8, 4) is 0 Å². The number of aromatic nitrogens is 2. The Labute approximate surface area is 237 Å². The van der Waals surface area contributed by atoms with Gasteiger partial charge in [0.25, 0.3) is 17.7 Å². The third-order valence-corrected chi connectivity index (χ3v) is 7.05. The quantitative estimate of drug-likeness (QED) is 0.341. The number of hydrogen-bond acceptors (Lipinski definition) is 5. The Bertz CT molecular complexity index is 1530. The number of carbonyl (C=O) groups excluding carboxylic acids is 3. The summed E-state index contributed by atoms with van der Waals surface area (Å²) in [5, 5.41) is 6.37. The van der Waals surface area contributed by atoms with E-state index >= 15 is 0 Å². The van der Waals surface area contributed by atoms with Crippen LogP contribution in [-0.4, -0.2) is 58.3 Å². The molecule has 0 bridgehead atoms. The number of rotatable bonds is 8. The third-order valence-electron chi connectivity index (χ3n) is 6.83. The van der Waals surface area contributed by atoms with Crippen LogP contribution < -0.4 is 10.6 Å². The lowest BCUT2D eigenvalue weighted by Gasteiger charge is -2.26. The fourth-order valence-electron chi connectivity index (χ4n) is 4.59. The standard InChI is InChI=1S/C30H30ClN5O4/c1-2-25-27(36-19-24(31)11-12-26(36)34-25)29(38)33-18-20-3-7-22(8-4-20)28(37)32-17-21-5-9-23(10-6-21)30(39)35-13-15-40-16-14-35/h3-12,19H,2,13-18H2,1H3,(H,32,37)(H,33,38). The molecule has 40 heavy (non-hydrogen) atoms. The average Bonchev–Trinajstić information content (AvgIpc) is 3.37. The molecule has 0 aliphatic carbocycles. The van der Waals surface area contributed by atoms with Crippen molar-refractivity contribution >= 4 is 35.0 Å². The van der Waals surface area contributed by atoms with Gasteiger partial charge in [0.05, 0.1) is 23.9 Å². The molecule has 3 amide bonds. The molecular formula is C30H30ClN5O4. The number of benzene rings is 2. The molecule has 2 aromatic heterocycles. The van der Waals surface area contributed by atoms with Gasteiger partial charge in [-0.15, -0.1) is 0 Å². The summed E-state index contributed by atoms with van der Waals surface area (Å²) in [5.74, 6) is -0.464. The molecule has 0 radical (unpaired) electrons.